The highest BCUT2D eigenvalue weighted by Crippen LogP contribution is 2.28. The number of rotatable bonds is 4. The van der Waals surface area contributed by atoms with Crippen molar-refractivity contribution in [2.75, 3.05) is 0 Å². The van der Waals surface area contributed by atoms with Gasteiger partial charge in [-0.2, -0.15) is 12.6 Å². The Balaban J connectivity index is 2.03. The first-order valence-corrected chi connectivity index (χ1v) is 8.85. The van der Waals surface area contributed by atoms with E-state index >= 15 is 0 Å². The van der Waals surface area contributed by atoms with Gasteiger partial charge in [-0.05, 0) is 42.5 Å². The van der Waals surface area contributed by atoms with E-state index in [1.807, 2.05) is 0 Å². The number of para-hydroxylation sites is 1. The fraction of sp³-hybridized carbons (Fsp3) is 0.0500. The van der Waals surface area contributed by atoms with E-state index in [1.54, 1.807) is 0 Å². The smallest absolute Gasteiger partial charge is 0.209 e. The van der Waals surface area contributed by atoms with Gasteiger partial charge in [-0.3, -0.25) is 9.36 Å². The molecule has 0 atom stereocenters. The van der Waals surface area contributed by atoms with Crippen molar-refractivity contribution in [2.24, 2.45) is 0 Å². The first kappa shape index (κ1) is 18.2. The molecule has 140 valence electrons. The van der Waals surface area contributed by atoms with Gasteiger partial charge in [0.15, 0.2) is 0 Å². The second-order valence-corrected chi connectivity index (χ2v) is 6.31. The molecule has 0 saturated heterocycles. The minimum Gasteiger partial charge on any atom is -0.287 e. The average molecular weight is 399 g/mol. The van der Waals surface area contributed by atoms with E-state index < -0.39 is 28.9 Å². The molecular formula is C20H12F3N3OS. The van der Waals surface area contributed by atoms with E-state index in [-0.39, 0.29) is 22.7 Å². The summed E-state index contributed by atoms with van der Waals surface area (Å²) < 4.78 is 43.4. The second kappa shape index (κ2) is 7.12. The Labute approximate surface area is 163 Å². The summed E-state index contributed by atoms with van der Waals surface area (Å²) in [6, 6.07) is 9.77. The van der Waals surface area contributed by atoms with Gasteiger partial charge in [0.1, 0.15) is 34.6 Å². The van der Waals surface area contributed by atoms with Gasteiger partial charge in [-0.25, -0.2) is 23.1 Å². The summed E-state index contributed by atoms with van der Waals surface area (Å²) in [7, 11) is 0. The van der Waals surface area contributed by atoms with Crippen LogP contribution < -0.4 is 0 Å². The van der Waals surface area contributed by atoms with Crippen LogP contribution in [-0.4, -0.2) is 20.3 Å². The van der Waals surface area contributed by atoms with Crippen LogP contribution in [0.2, 0.25) is 0 Å². The fourth-order valence-electron chi connectivity index (χ4n) is 2.95. The normalized spacial score (nSPS) is 11.1. The van der Waals surface area contributed by atoms with Crippen molar-refractivity contribution in [3.63, 3.8) is 0 Å². The Bertz CT molecular complexity index is 1190. The van der Waals surface area contributed by atoms with E-state index in [4.69, 9.17) is 0 Å². The molecule has 0 aliphatic rings. The summed E-state index contributed by atoms with van der Waals surface area (Å²) in [6.45, 7) is 0. The number of carbonyl (C=O) groups is 1. The van der Waals surface area contributed by atoms with Crippen molar-refractivity contribution in [2.45, 2.75) is 5.75 Å². The molecule has 4 rings (SSSR count). The highest BCUT2D eigenvalue weighted by Gasteiger charge is 2.24. The Kier molecular flexibility index (Phi) is 4.64. The second-order valence-electron chi connectivity index (χ2n) is 5.99. The zero-order chi connectivity index (χ0) is 19.8. The third kappa shape index (κ3) is 3.05. The van der Waals surface area contributed by atoms with Crippen molar-refractivity contribution in [3.8, 4) is 5.69 Å². The summed E-state index contributed by atoms with van der Waals surface area (Å²) in [5, 5.41) is 0.429. The number of hydrogen-bond acceptors (Lipinski definition) is 4. The molecule has 0 radical (unpaired) electrons. The number of ketones is 1. The molecule has 0 N–H and O–H groups in total. The average Bonchev–Trinajstić information content (AvgIpc) is 3.06. The summed E-state index contributed by atoms with van der Waals surface area (Å²) >= 11 is 4.13. The molecule has 0 aliphatic heterocycles. The van der Waals surface area contributed by atoms with Crippen molar-refractivity contribution in [1.29, 1.82) is 0 Å². The zero-order valence-electron chi connectivity index (χ0n) is 14.2. The minimum absolute atomic E-state index is 0.0174. The lowest BCUT2D eigenvalue weighted by atomic mass is 10.1. The van der Waals surface area contributed by atoms with E-state index in [9.17, 15) is 18.0 Å². The van der Waals surface area contributed by atoms with Crippen molar-refractivity contribution >= 4 is 29.4 Å². The fourth-order valence-corrected chi connectivity index (χ4v) is 3.10. The van der Waals surface area contributed by atoms with Crippen LogP contribution in [0.5, 0.6) is 0 Å². The zero-order valence-corrected chi connectivity index (χ0v) is 15.1. The van der Waals surface area contributed by atoms with Gasteiger partial charge in [0, 0.05) is 17.1 Å². The van der Waals surface area contributed by atoms with E-state index in [0.717, 1.165) is 28.8 Å². The third-order valence-corrected chi connectivity index (χ3v) is 4.52. The number of nitrogens with zero attached hydrogens (tertiary/aromatic N) is 3. The number of hydrogen-bond donors (Lipinski definition) is 1. The minimum atomic E-state index is -0.850. The van der Waals surface area contributed by atoms with Gasteiger partial charge >= 0.3 is 0 Å². The summed E-state index contributed by atoms with van der Waals surface area (Å²) in [5.74, 6) is -2.18. The molecule has 2 aromatic heterocycles. The molecule has 0 fully saturated rings. The van der Waals surface area contributed by atoms with Gasteiger partial charge in [0.05, 0.1) is 11.4 Å². The van der Waals surface area contributed by atoms with Crippen LogP contribution in [0.3, 0.4) is 0 Å². The quantitative estimate of drug-likeness (QED) is 0.406. The molecule has 28 heavy (non-hydrogen) atoms. The molecule has 0 aliphatic carbocycles. The molecule has 0 saturated carbocycles. The van der Waals surface area contributed by atoms with Crippen LogP contribution >= 0.6 is 12.6 Å². The van der Waals surface area contributed by atoms with Crippen LogP contribution in [0.15, 0.2) is 54.7 Å². The van der Waals surface area contributed by atoms with E-state index in [1.165, 1.54) is 30.5 Å². The van der Waals surface area contributed by atoms with E-state index in [0.29, 0.717) is 11.2 Å². The highest BCUT2D eigenvalue weighted by molar-refractivity contribution is 7.79. The summed E-state index contributed by atoms with van der Waals surface area (Å²) in [6.07, 6.45) is 1.46. The Morgan fingerprint density at radius 1 is 1.04 bits per heavy atom. The maximum absolute atomic E-state index is 14.5. The lowest BCUT2D eigenvalue weighted by molar-refractivity contribution is 0.103. The number of halogens is 3. The van der Waals surface area contributed by atoms with Gasteiger partial charge < -0.3 is 0 Å². The molecule has 2 heterocycles. The highest BCUT2D eigenvalue weighted by atomic mass is 32.1. The largest absolute Gasteiger partial charge is 0.287 e. The molecule has 0 bridgehead atoms. The number of aromatic nitrogens is 3. The van der Waals surface area contributed by atoms with Crippen molar-refractivity contribution < 1.29 is 18.0 Å². The SMILES string of the molecule is O=C(c1ccc(F)cc1)c1cc2cnc(CS)nc2n1-c1c(F)cccc1F. The van der Waals surface area contributed by atoms with Gasteiger partial charge in [-0.15, -0.1) is 0 Å². The Hall–Kier alpha value is -3.13. The van der Waals surface area contributed by atoms with E-state index in [2.05, 4.69) is 22.6 Å². The molecule has 4 nitrogen and oxygen atoms in total. The van der Waals surface area contributed by atoms with Gasteiger partial charge in [-0.1, -0.05) is 6.07 Å². The number of thiol groups is 1. The monoisotopic (exact) mass is 399 g/mol. The summed E-state index contributed by atoms with van der Waals surface area (Å²) in [5.41, 5.74) is -0.0962. The molecule has 8 heteroatoms. The first-order chi connectivity index (χ1) is 13.5. The maximum Gasteiger partial charge on any atom is 0.209 e. The molecule has 0 amide bonds. The molecule has 0 unspecified atom stereocenters. The number of fused-ring (bicyclic) bond motifs is 1. The van der Waals surface area contributed by atoms with Crippen LogP contribution in [0, 0.1) is 17.5 Å². The van der Waals surface area contributed by atoms with Crippen LogP contribution in [0.1, 0.15) is 21.9 Å². The molecule has 0 spiro atoms. The first-order valence-electron chi connectivity index (χ1n) is 8.22. The number of carbonyl (C=O) groups excluding carboxylic acids is 1. The molecule has 2 aromatic carbocycles. The van der Waals surface area contributed by atoms with Crippen molar-refractivity contribution in [3.05, 3.63) is 89.3 Å². The Morgan fingerprint density at radius 2 is 1.71 bits per heavy atom. The topological polar surface area (TPSA) is 47.8 Å². The third-order valence-electron chi connectivity index (χ3n) is 4.23. The van der Waals surface area contributed by atoms with Crippen LogP contribution in [-0.2, 0) is 5.75 Å². The summed E-state index contributed by atoms with van der Waals surface area (Å²) in [4.78, 5) is 21.5. The Morgan fingerprint density at radius 3 is 2.36 bits per heavy atom. The predicted octanol–water partition coefficient (Wildman–Crippen LogP) is 4.50. The van der Waals surface area contributed by atoms with Crippen LogP contribution in [0.25, 0.3) is 16.7 Å². The van der Waals surface area contributed by atoms with Gasteiger partial charge in [0.2, 0.25) is 5.78 Å². The number of benzene rings is 2. The lowest BCUT2D eigenvalue weighted by Gasteiger charge is -2.12. The predicted molar refractivity (Wildman–Crippen MR) is 101 cm³/mol. The molecule has 4 aromatic rings. The lowest BCUT2D eigenvalue weighted by Crippen LogP contribution is -2.12. The standard InChI is InChI=1S/C20H12F3N3OS/c21-13-6-4-11(5-7-13)19(27)16-8-12-9-24-17(10-28)25-20(12)26(16)18-14(22)2-1-3-15(18)23/h1-9,28H,10H2. The van der Waals surface area contributed by atoms with Crippen molar-refractivity contribution in [1.82, 2.24) is 14.5 Å². The van der Waals surface area contributed by atoms with Crippen LogP contribution in [0.4, 0.5) is 13.2 Å². The van der Waals surface area contributed by atoms with Gasteiger partial charge in [0.25, 0.3) is 0 Å². The maximum atomic E-state index is 14.5. The molecular weight excluding hydrogens is 387 g/mol.